The van der Waals surface area contributed by atoms with E-state index in [-0.39, 0.29) is 12.0 Å². The Hall–Kier alpha value is -1.95. The van der Waals surface area contributed by atoms with Crippen molar-refractivity contribution in [2.45, 2.75) is 26.3 Å². The smallest absolute Gasteiger partial charge is 0.339 e. The number of carbonyl (C=O) groups excluding carboxylic acids is 1. The number of nitrogens with zero attached hydrogens (tertiary/aromatic N) is 2. The van der Waals surface area contributed by atoms with Gasteiger partial charge < -0.3 is 10.1 Å². The standard InChI is InChI=1S/C14H17N3O2S/c1-3-11(13-15-7-8-20-13)17-12-6-5-10(9-16-12)14(18)19-4-2/h5-9,11H,3-4H2,1-2H3,(H,16,17). The van der Waals surface area contributed by atoms with Crippen LogP contribution in [0.15, 0.2) is 29.9 Å². The molecule has 2 aromatic rings. The zero-order valence-corrected chi connectivity index (χ0v) is 12.3. The van der Waals surface area contributed by atoms with Crippen molar-refractivity contribution in [3.05, 3.63) is 40.5 Å². The molecule has 1 atom stereocenters. The van der Waals surface area contributed by atoms with Gasteiger partial charge in [0.1, 0.15) is 10.8 Å². The van der Waals surface area contributed by atoms with Crippen LogP contribution in [0.5, 0.6) is 0 Å². The van der Waals surface area contributed by atoms with Gasteiger partial charge in [0.25, 0.3) is 0 Å². The van der Waals surface area contributed by atoms with Gasteiger partial charge in [0.2, 0.25) is 0 Å². The Kier molecular flexibility index (Phi) is 5.06. The molecule has 0 aliphatic carbocycles. The van der Waals surface area contributed by atoms with E-state index in [9.17, 15) is 4.79 Å². The van der Waals surface area contributed by atoms with Gasteiger partial charge in [-0.1, -0.05) is 6.92 Å². The number of pyridine rings is 1. The predicted octanol–water partition coefficient (Wildman–Crippen LogP) is 3.28. The van der Waals surface area contributed by atoms with Crippen LogP contribution in [0.1, 0.15) is 41.7 Å². The first kappa shape index (κ1) is 14.5. The van der Waals surface area contributed by atoms with E-state index >= 15 is 0 Å². The Morgan fingerprint density at radius 2 is 2.25 bits per heavy atom. The second-order valence-electron chi connectivity index (χ2n) is 4.13. The van der Waals surface area contributed by atoms with Crippen LogP contribution in [0.2, 0.25) is 0 Å². The first-order valence-corrected chi connectivity index (χ1v) is 7.41. The largest absolute Gasteiger partial charge is 0.462 e. The van der Waals surface area contributed by atoms with Crippen LogP contribution in [0.3, 0.4) is 0 Å². The lowest BCUT2D eigenvalue weighted by molar-refractivity contribution is 0.0526. The zero-order valence-electron chi connectivity index (χ0n) is 11.5. The highest BCUT2D eigenvalue weighted by Gasteiger charge is 2.13. The van der Waals surface area contributed by atoms with Gasteiger partial charge in [-0.15, -0.1) is 11.3 Å². The number of esters is 1. The maximum atomic E-state index is 11.5. The van der Waals surface area contributed by atoms with Crippen molar-refractivity contribution in [1.29, 1.82) is 0 Å². The summed E-state index contributed by atoms with van der Waals surface area (Å²) in [5.41, 5.74) is 0.458. The van der Waals surface area contributed by atoms with Gasteiger partial charge in [-0.3, -0.25) is 0 Å². The maximum absolute atomic E-state index is 11.5. The summed E-state index contributed by atoms with van der Waals surface area (Å²) in [5, 5.41) is 6.30. The van der Waals surface area contributed by atoms with Gasteiger partial charge in [-0.25, -0.2) is 14.8 Å². The first-order chi connectivity index (χ1) is 9.74. The van der Waals surface area contributed by atoms with Crippen LogP contribution in [-0.4, -0.2) is 22.5 Å². The monoisotopic (exact) mass is 291 g/mol. The average Bonchev–Trinajstić information content (AvgIpc) is 2.99. The molecule has 0 fully saturated rings. The molecule has 0 amide bonds. The van der Waals surface area contributed by atoms with Crippen molar-refractivity contribution >= 4 is 23.1 Å². The Labute approximate surface area is 122 Å². The number of ether oxygens (including phenoxy) is 1. The molecule has 0 aliphatic rings. The van der Waals surface area contributed by atoms with E-state index in [0.29, 0.717) is 12.2 Å². The first-order valence-electron chi connectivity index (χ1n) is 6.53. The number of hydrogen-bond acceptors (Lipinski definition) is 6. The van der Waals surface area contributed by atoms with E-state index in [2.05, 4.69) is 22.2 Å². The third kappa shape index (κ3) is 3.54. The van der Waals surface area contributed by atoms with Crippen LogP contribution in [0, 0.1) is 0 Å². The highest BCUT2D eigenvalue weighted by Crippen LogP contribution is 2.23. The molecule has 1 unspecified atom stereocenters. The molecule has 5 nitrogen and oxygen atoms in total. The van der Waals surface area contributed by atoms with E-state index < -0.39 is 0 Å². The summed E-state index contributed by atoms with van der Waals surface area (Å²) in [6.07, 6.45) is 4.23. The van der Waals surface area contributed by atoms with Gasteiger partial charge >= 0.3 is 5.97 Å². The van der Waals surface area contributed by atoms with Crippen molar-refractivity contribution < 1.29 is 9.53 Å². The fourth-order valence-electron chi connectivity index (χ4n) is 1.74. The summed E-state index contributed by atoms with van der Waals surface area (Å²) in [6, 6.07) is 3.63. The van der Waals surface area contributed by atoms with Crippen molar-refractivity contribution in [2.75, 3.05) is 11.9 Å². The van der Waals surface area contributed by atoms with Gasteiger partial charge in [-0.2, -0.15) is 0 Å². The van der Waals surface area contributed by atoms with Crippen molar-refractivity contribution in [3.8, 4) is 0 Å². The summed E-state index contributed by atoms with van der Waals surface area (Å²) in [5.74, 6) is 0.374. The minimum absolute atomic E-state index is 0.135. The number of thiazole rings is 1. The second-order valence-corrected chi connectivity index (χ2v) is 5.05. The van der Waals surface area contributed by atoms with Crippen molar-refractivity contribution in [2.24, 2.45) is 0 Å². The number of hydrogen-bond donors (Lipinski definition) is 1. The quantitative estimate of drug-likeness (QED) is 0.827. The second kappa shape index (κ2) is 7.00. The molecular weight excluding hydrogens is 274 g/mol. The van der Waals surface area contributed by atoms with Gasteiger partial charge in [0, 0.05) is 17.8 Å². The molecule has 20 heavy (non-hydrogen) atoms. The molecule has 0 bridgehead atoms. The minimum Gasteiger partial charge on any atom is -0.462 e. The highest BCUT2D eigenvalue weighted by atomic mass is 32.1. The molecule has 0 aromatic carbocycles. The molecule has 2 heterocycles. The normalized spacial score (nSPS) is 11.9. The number of rotatable bonds is 6. The molecule has 2 aromatic heterocycles. The predicted molar refractivity (Wildman–Crippen MR) is 79.0 cm³/mol. The zero-order chi connectivity index (χ0) is 14.4. The van der Waals surface area contributed by atoms with Crippen LogP contribution in [0.25, 0.3) is 0 Å². The number of nitrogens with one attached hydrogen (secondary N) is 1. The molecule has 0 saturated heterocycles. The van der Waals surface area contributed by atoms with E-state index in [1.165, 1.54) is 6.20 Å². The molecule has 0 aliphatic heterocycles. The van der Waals surface area contributed by atoms with Gasteiger partial charge in [0.05, 0.1) is 18.2 Å². The molecule has 1 N–H and O–H groups in total. The van der Waals surface area contributed by atoms with E-state index in [4.69, 9.17) is 4.74 Å². The van der Waals surface area contributed by atoms with E-state index in [1.54, 1.807) is 36.6 Å². The van der Waals surface area contributed by atoms with Gasteiger partial charge in [-0.05, 0) is 25.5 Å². The number of anilines is 1. The molecular formula is C14H17N3O2S. The Morgan fingerprint density at radius 3 is 2.80 bits per heavy atom. The third-order valence-corrected chi connectivity index (χ3v) is 3.64. The van der Waals surface area contributed by atoms with Crippen molar-refractivity contribution in [1.82, 2.24) is 9.97 Å². The number of carbonyl (C=O) groups is 1. The molecule has 6 heteroatoms. The average molecular weight is 291 g/mol. The van der Waals surface area contributed by atoms with E-state index in [0.717, 1.165) is 17.2 Å². The fourth-order valence-corrected chi connectivity index (χ4v) is 2.51. The molecule has 106 valence electrons. The lowest BCUT2D eigenvalue weighted by Crippen LogP contribution is -2.11. The highest BCUT2D eigenvalue weighted by molar-refractivity contribution is 7.09. The number of aromatic nitrogens is 2. The molecule has 2 rings (SSSR count). The summed E-state index contributed by atoms with van der Waals surface area (Å²) in [6.45, 7) is 4.23. The van der Waals surface area contributed by atoms with Crippen LogP contribution >= 0.6 is 11.3 Å². The van der Waals surface area contributed by atoms with Gasteiger partial charge in [0.15, 0.2) is 0 Å². The summed E-state index contributed by atoms with van der Waals surface area (Å²) < 4.78 is 4.92. The van der Waals surface area contributed by atoms with Crippen molar-refractivity contribution in [3.63, 3.8) is 0 Å². The molecule has 0 spiro atoms. The Morgan fingerprint density at radius 1 is 1.40 bits per heavy atom. The van der Waals surface area contributed by atoms with Crippen LogP contribution in [-0.2, 0) is 4.74 Å². The SMILES string of the molecule is CCOC(=O)c1ccc(NC(CC)c2nccs2)nc1. The van der Waals surface area contributed by atoms with Crippen LogP contribution < -0.4 is 5.32 Å². The lowest BCUT2D eigenvalue weighted by Gasteiger charge is -2.15. The Bertz CT molecular complexity index is 540. The Balaban J connectivity index is 2.04. The topological polar surface area (TPSA) is 64.1 Å². The van der Waals surface area contributed by atoms with Crippen LogP contribution in [0.4, 0.5) is 5.82 Å². The minimum atomic E-state index is -0.349. The summed E-state index contributed by atoms with van der Waals surface area (Å²) in [4.78, 5) is 20.1. The summed E-state index contributed by atoms with van der Waals surface area (Å²) in [7, 11) is 0. The van der Waals surface area contributed by atoms with E-state index in [1.807, 2.05) is 5.38 Å². The third-order valence-electron chi connectivity index (χ3n) is 2.75. The maximum Gasteiger partial charge on any atom is 0.339 e. The lowest BCUT2D eigenvalue weighted by atomic mass is 10.2. The molecule has 0 radical (unpaired) electrons. The summed E-state index contributed by atoms with van der Waals surface area (Å²) >= 11 is 1.61. The molecule has 0 saturated carbocycles. The fraction of sp³-hybridized carbons (Fsp3) is 0.357.